The molecule has 0 aliphatic rings. The van der Waals surface area contributed by atoms with Crippen molar-refractivity contribution in [2.75, 3.05) is 11.9 Å². The number of nitrogens with zero attached hydrogens (tertiary/aromatic N) is 1. The van der Waals surface area contributed by atoms with Gasteiger partial charge in [0.25, 0.3) is 5.91 Å². The van der Waals surface area contributed by atoms with E-state index in [0.29, 0.717) is 5.56 Å². The van der Waals surface area contributed by atoms with Crippen molar-refractivity contribution >= 4 is 11.6 Å². The summed E-state index contributed by atoms with van der Waals surface area (Å²) in [5.41, 5.74) is 3.37. The van der Waals surface area contributed by atoms with Crippen molar-refractivity contribution in [1.82, 2.24) is 10.3 Å². The number of aromatic nitrogens is 1. The molecular weight excluding hydrogens is 250 g/mol. The smallest absolute Gasteiger partial charge is 0.257 e. The maximum Gasteiger partial charge on any atom is 0.257 e. The van der Waals surface area contributed by atoms with Gasteiger partial charge in [0, 0.05) is 24.1 Å². The van der Waals surface area contributed by atoms with Crippen molar-refractivity contribution in [2.24, 2.45) is 0 Å². The summed E-state index contributed by atoms with van der Waals surface area (Å²) in [6.07, 6.45) is 1.59. The average Bonchev–Trinajstić information content (AvgIpc) is 2.47. The molecule has 1 amide bonds. The van der Waals surface area contributed by atoms with E-state index < -0.39 is 0 Å². The van der Waals surface area contributed by atoms with Gasteiger partial charge in [0.05, 0.1) is 5.56 Å². The van der Waals surface area contributed by atoms with Crippen LogP contribution in [0.15, 0.2) is 42.6 Å². The number of pyridine rings is 1. The van der Waals surface area contributed by atoms with Crippen molar-refractivity contribution in [3.05, 3.63) is 59.4 Å². The zero-order valence-corrected chi connectivity index (χ0v) is 11.8. The number of nitrogens with one attached hydrogen (secondary N) is 2. The minimum atomic E-state index is -0.138. The standard InChI is InChI=1S/C16H19N3O/c1-3-17-10-13-6-4-5-7-15(13)19-16(20)14-9-8-12(2)18-11-14/h4-9,11,17H,3,10H2,1-2H3,(H,19,20). The third kappa shape index (κ3) is 3.65. The quantitative estimate of drug-likeness (QED) is 0.877. The first-order valence-corrected chi connectivity index (χ1v) is 6.73. The van der Waals surface area contributed by atoms with E-state index in [-0.39, 0.29) is 5.91 Å². The van der Waals surface area contributed by atoms with Crippen LogP contribution >= 0.6 is 0 Å². The van der Waals surface area contributed by atoms with E-state index in [4.69, 9.17) is 0 Å². The molecule has 2 rings (SSSR count). The van der Waals surface area contributed by atoms with Crippen LogP contribution in [0, 0.1) is 6.92 Å². The Balaban J connectivity index is 2.13. The number of aryl methyl sites for hydroxylation is 1. The average molecular weight is 269 g/mol. The van der Waals surface area contributed by atoms with Crippen LogP contribution in [0.3, 0.4) is 0 Å². The van der Waals surface area contributed by atoms with Gasteiger partial charge in [0.1, 0.15) is 0 Å². The normalized spacial score (nSPS) is 10.3. The first kappa shape index (κ1) is 14.2. The molecule has 1 heterocycles. The van der Waals surface area contributed by atoms with Crippen molar-refractivity contribution in [3.63, 3.8) is 0 Å². The second-order valence-electron chi connectivity index (χ2n) is 4.58. The number of benzene rings is 1. The molecule has 0 unspecified atom stereocenters. The Morgan fingerprint density at radius 3 is 2.70 bits per heavy atom. The van der Waals surface area contributed by atoms with Crippen LogP contribution in [0.5, 0.6) is 0 Å². The summed E-state index contributed by atoms with van der Waals surface area (Å²) in [6.45, 7) is 5.58. The molecule has 0 atom stereocenters. The predicted octanol–water partition coefficient (Wildman–Crippen LogP) is 2.75. The molecule has 0 saturated carbocycles. The van der Waals surface area contributed by atoms with Gasteiger partial charge in [-0.1, -0.05) is 25.1 Å². The van der Waals surface area contributed by atoms with Gasteiger partial charge < -0.3 is 10.6 Å². The Hall–Kier alpha value is -2.20. The van der Waals surface area contributed by atoms with Crippen LogP contribution in [-0.2, 0) is 6.54 Å². The molecule has 2 N–H and O–H groups in total. The van der Waals surface area contributed by atoms with Crippen molar-refractivity contribution in [1.29, 1.82) is 0 Å². The molecule has 2 aromatic rings. The molecule has 1 aromatic carbocycles. The molecule has 20 heavy (non-hydrogen) atoms. The monoisotopic (exact) mass is 269 g/mol. The van der Waals surface area contributed by atoms with Gasteiger partial charge in [-0.15, -0.1) is 0 Å². The van der Waals surface area contributed by atoms with Crippen molar-refractivity contribution in [2.45, 2.75) is 20.4 Å². The molecule has 4 heteroatoms. The summed E-state index contributed by atoms with van der Waals surface area (Å²) in [7, 11) is 0. The summed E-state index contributed by atoms with van der Waals surface area (Å²) in [6, 6.07) is 11.4. The topological polar surface area (TPSA) is 54.0 Å². The minimum Gasteiger partial charge on any atom is -0.322 e. The molecule has 0 spiro atoms. The van der Waals surface area contributed by atoms with Crippen LogP contribution in [0.4, 0.5) is 5.69 Å². The van der Waals surface area contributed by atoms with Crippen LogP contribution in [0.25, 0.3) is 0 Å². The van der Waals surface area contributed by atoms with Crippen LogP contribution in [0.1, 0.15) is 28.5 Å². The molecular formula is C16H19N3O. The van der Waals surface area contributed by atoms with E-state index in [1.54, 1.807) is 12.3 Å². The number of anilines is 1. The van der Waals surface area contributed by atoms with E-state index in [2.05, 4.69) is 22.5 Å². The number of carbonyl (C=O) groups is 1. The van der Waals surface area contributed by atoms with Gasteiger partial charge in [-0.25, -0.2) is 0 Å². The molecule has 0 saturated heterocycles. The van der Waals surface area contributed by atoms with Crippen molar-refractivity contribution < 1.29 is 4.79 Å². The fourth-order valence-corrected chi connectivity index (χ4v) is 1.85. The Labute approximate surface area is 119 Å². The van der Waals surface area contributed by atoms with Gasteiger partial charge in [0.2, 0.25) is 0 Å². The highest BCUT2D eigenvalue weighted by atomic mass is 16.1. The third-order valence-corrected chi connectivity index (χ3v) is 3.00. The summed E-state index contributed by atoms with van der Waals surface area (Å²) < 4.78 is 0. The largest absolute Gasteiger partial charge is 0.322 e. The fraction of sp³-hybridized carbons (Fsp3) is 0.250. The van der Waals surface area contributed by atoms with Crippen molar-refractivity contribution in [3.8, 4) is 0 Å². The SMILES string of the molecule is CCNCc1ccccc1NC(=O)c1ccc(C)nc1. The molecule has 4 nitrogen and oxygen atoms in total. The fourth-order valence-electron chi connectivity index (χ4n) is 1.85. The summed E-state index contributed by atoms with van der Waals surface area (Å²) in [4.78, 5) is 16.3. The van der Waals surface area contributed by atoms with E-state index in [1.165, 1.54) is 0 Å². The Bertz CT molecular complexity index is 579. The zero-order valence-electron chi connectivity index (χ0n) is 11.8. The van der Waals surface area contributed by atoms with E-state index in [1.807, 2.05) is 37.3 Å². The van der Waals surface area contributed by atoms with Crippen LogP contribution < -0.4 is 10.6 Å². The van der Waals surface area contributed by atoms with Gasteiger partial charge in [-0.05, 0) is 37.2 Å². The molecule has 0 radical (unpaired) electrons. The highest BCUT2D eigenvalue weighted by molar-refractivity contribution is 6.04. The van der Waals surface area contributed by atoms with Crippen LogP contribution in [0.2, 0.25) is 0 Å². The number of amides is 1. The highest BCUT2D eigenvalue weighted by Crippen LogP contribution is 2.16. The summed E-state index contributed by atoms with van der Waals surface area (Å²) in [5, 5.41) is 6.20. The highest BCUT2D eigenvalue weighted by Gasteiger charge is 2.08. The molecule has 104 valence electrons. The maximum atomic E-state index is 12.2. The number of rotatable bonds is 5. The number of hydrogen-bond donors (Lipinski definition) is 2. The molecule has 0 fully saturated rings. The molecule has 0 aliphatic carbocycles. The Morgan fingerprint density at radius 1 is 1.20 bits per heavy atom. The number of para-hydroxylation sites is 1. The zero-order chi connectivity index (χ0) is 14.4. The molecule has 0 bridgehead atoms. The first-order chi connectivity index (χ1) is 9.70. The predicted molar refractivity (Wildman–Crippen MR) is 80.7 cm³/mol. The Kier molecular flexibility index (Phi) is 4.85. The van der Waals surface area contributed by atoms with Gasteiger partial charge >= 0.3 is 0 Å². The third-order valence-electron chi connectivity index (χ3n) is 3.00. The summed E-state index contributed by atoms with van der Waals surface area (Å²) >= 11 is 0. The van der Waals surface area contributed by atoms with E-state index >= 15 is 0 Å². The van der Waals surface area contributed by atoms with Gasteiger partial charge in [-0.2, -0.15) is 0 Å². The minimum absolute atomic E-state index is 0.138. The molecule has 0 aliphatic heterocycles. The second-order valence-corrected chi connectivity index (χ2v) is 4.58. The lowest BCUT2D eigenvalue weighted by Crippen LogP contribution is -2.17. The second kappa shape index (κ2) is 6.82. The van der Waals surface area contributed by atoms with Gasteiger partial charge in [0.15, 0.2) is 0 Å². The van der Waals surface area contributed by atoms with E-state index in [0.717, 1.165) is 30.0 Å². The number of hydrogen-bond acceptors (Lipinski definition) is 3. The lowest BCUT2D eigenvalue weighted by molar-refractivity contribution is 0.102. The summed E-state index contributed by atoms with van der Waals surface area (Å²) in [5.74, 6) is -0.138. The first-order valence-electron chi connectivity index (χ1n) is 6.73. The lowest BCUT2D eigenvalue weighted by Gasteiger charge is -2.11. The molecule has 1 aromatic heterocycles. The number of carbonyl (C=O) groups excluding carboxylic acids is 1. The lowest BCUT2D eigenvalue weighted by atomic mass is 10.1. The van der Waals surface area contributed by atoms with E-state index in [9.17, 15) is 4.79 Å². The van der Waals surface area contributed by atoms with Gasteiger partial charge in [-0.3, -0.25) is 9.78 Å². The Morgan fingerprint density at radius 2 is 2.00 bits per heavy atom. The van der Waals surface area contributed by atoms with Crippen LogP contribution in [-0.4, -0.2) is 17.4 Å². The maximum absolute atomic E-state index is 12.2.